The van der Waals surface area contributed by atoms with Crippen molar-refractivity contribution in [2.24, 2.45) is 0 Å². The summed E-state index contributed by atoms with van der Waals surface area (Å²) in [5, 5.41) is 2.71. The Morgan fingerprint density at radius 2 is 1.11 bits per heavy atom. The lowest BCUT2D eigenvalue weighted by molar-refractivity contribution is 0.394. The van der Waals surface area contributed by atoms with E-state index in [-0.39, 0.29) is 0 Å². The highest BCUT2D eigenvalue weighted by molar-refractivity contribution is 5.83. The van der Waals surface area contributed by atoms with E-state index in [4.69, 9.17) is 0 Å². The van der Waals surface area contributed by atoms with Crippen molar-refractivity contribution in [3.8, 4) is 11.1 Å². The van der Waals surface area contributed by atoms with Crippen molar-refractivity contribution in [2.45, 2.75) is 37.5 Å². The topological polar surface area (TPSA) is 0 Å². The van der Waals surface area contributed by atoms with E-state index in [1.165, 1.54) is 58.7 Å². The van der Waals surface area contributed by atoms with E-state index in [1.807, 2.05) is 0 Å². The molecule has 1 saturated carbocycles. The molecular formula is C28H26. The molecule has 1 fully saturated rings. The molecule has 0 spiro atoms. The van der Waals surface area contributed by atoms with Crippen LogP contribution >= 0.6 is 0 Å². The maximum absolute atomic E-state index is 2.42. The lowest BCUT2D eigenvalue weighted by Gasteiger charge is -2.30. The number of hydrogen-bond donors (Lipinski definition) is 0. The standard InChI is InChI=1S/C28H26/c1-2-7-21(8-3-1)23-13-15-24(16-14-23)26-11-6-12-27(19-26)28-18-17-22-9-4-5-10-25(22)20-28/h1-5,7-10,13-18,20,26-27H,6,11-12,19H2. The highest BCUT2D eigenvalue weighted by atomic mass is 14.3. The van der Waals surface area contributed by atoms with Gasteiger partial charge in [0.25, 0.3) is 0 Å². The fourth-order valence-corrected chi connectivity index (χ4v) is 4.84. The summed E-state index contributed by atoms with van der Waals surface area (Å²) in [5.74, 6) is 1.35. The van der Waals surface area contributed by atoms with Crippen LogP contribution in [0.2, 0.25) is 0 Å². The molecule has 2 atom stereocenters. The second-order valence-corrected chi connectivity index (χ2v) is 8.16. The van der Waals surface area contributed by atoms with Crippen molar-refractivity contribution < 1.29 is 0 Å². The van der Waals surface area contributed by atoms with Crippen LogP contribution in [-0.2, 0) is 0 Å². The summed E-state index contributed by atoms with van der Waals surface area (Å²) in [5.41, 5.74) is 5.63. The first kappa shape index (κ1) is 17.3. The van der Waals surface area contributed by atoms with Crippen LogP contribution in [0, 0.1) is 0 Å². The van der Waals surface area contributed by atoms with Gasteiger partial charge in [-0.1, -0.05) is 103 Å². The van der Waals surface area contributed by atoms with Gasteiger partial charge in [-0.05, 0) is 64.1 Å². The zero-order valence-electron chi connectivity index (χ0n) is 16.2. The number of rotatable bonds is 3. The predicted octanol–water partition coefficient (Wildman–Crippen LogP) is 7.95. The molecule has 0 amide bonds. The zero-order chi connectivity index (χ0) is 18.8. The Bertz CT molecular complexity index is 1060. The van der Waals surface area contributed by atoms with Gasteiger partial charge in [-0.15, -0.1) is 0 Å². The van der Waals surface area contributed by atoms with Crippen molar-refractivity contribution in [3.05, 3.63) is 108 Å². The average molecular weight is 363 g/mol. The fraction of sp³-hybridized carbons (Fsp3) is 0.214. The molecule has 0 radical (unpaired) electrons. The lowest BCUT2D eigenvalue weighted by atomic mass is 9.75. The van der Waals surface area contributed by atoms with Crippen molar-refractivity contribution in [2.75, 3.05) is 0 Å². The predicted molar refractivity (Wildman–Crippen MR) is 120 cm³/mol. The minimum atomic E-state index is 0.676. The molecule has 0 aliphatic heterocycles. The Labute approximate surface area is 167 Å². The third kappa shape index (κ3) is 3.47. The Kier molecular flexibility index (Phi) is 4.71. The molecule has 0 heteroatoms. The molecule has 5 rings (SSSR count). The van der Waals surface area contributed by atoms with E-state index in [2.05, 4.69) is 97.1 Å². The molecule has 1 aliphatic carbocycles. The summed E-state index contributed by atoms with van der Waals surface area (Å²) in [6.07, 6.45) is 5.22. The van der Waals surface area contributed by atoms with Crippen LogP contribution < -0.4 is 0 Å². The van der Waals surface area contributed by atoms with Crippen LogP contribution in [0.3, 0.4) is 0 Å². The Morgan fingerprint density at radius 1 is 0.500 bits per heavy atom. The summed E-state index contributed by atoms with van der Waals surface area (Å²) in [4.78, 5) is 0. The van der Waals surface area contributed by atoms with E-state index in [0.717, 1.165) is 0 Å². The minimum Gasteiger partial charge on any atom is -0.0622 e. The van der Waals surface area contributed by atoms with E-state index in [0.29, 0.717) is 11.8 Å². The molecule has 4 aromatic carbocycles. The SMILES string of the molecule is c1ccc(-c2ccc(C3CCCC(c4ccc5ccccc5c4)C3)cc2)cc1. The van der Waals surface area contributed by atoms with Crippen LogP contribution in [0.4, 0.5) is 0 Å². The smallest absolute Gasteiger partial charge is 0.0156 e. The number of benzene rings is 4. The van der Waals surface area contributed by atoms with Crippen LogP contribution in [0.25, 0.3) is 21.9 Å². The second-order valence-electron chi connectivity index (χ2n) is 8.16. The lowest BCUT2D eigenvalue weighted by Crippen LogP contribution is -2.13. The summed E-state index contributed by atoms with van der Waals surface area (Å²) in [6.45, 7) is 0. The minimum absolute atomic E-state index is 0.676. The number of fused-ring (bicyclic) bond motifs is 1. The molecule has 28 heavy (non-hydrogen) atoms. The van der Waals surface area contributed by atoms with Crippen molar-refractivity contribution in [3.63, 3.8) is 0 Å². The normalized spacial score (nSPS) is 19.6. The first-order valence-corrected chi connectivity index (χ1v) is 10.5. The molecule has 0 bridgehead atoms. The van der Waals surface area contributed by atoms with Gasteiger partial charge in [0.2, 0.25) is 0 Å². The Balaban J connectivity index is 1.36. The first-order chi connectivity index (χ1) is 13.9. The van der Waals surface area contributed by atoms with Gasteiger partial charge in [0.15, 0.2) is 0 Å². The zero-order valence-corrected chi connectivity index (χ0v) is 16.2. The highest BCUT2D eigenvalue weighted by Crippen LogP contribution is 2.42. The van der Waals surface area contributed by atoms with Gasteiger partial charge in [-0.25, -0.2) is 0 Å². The van der Waals surface area contributed by atoms with Crippen molar-refractivity contribution in [1.29, 1.82) is 0 Å². The van der Waals surface area contributed by atoms with Gasteiger partial charge in [0.1, 0.15) is 0 Å². The average Bonchev–Trinajstić information content (AvgIpc) is 2.79. The third-order valence-corrected chi connectivity index (χ3v) is 6.41. The van der Waals surface area contributed by atoms with Gasteiger partial charge in [0.05, 0.1) is 0 Å². The Morgan fingerprint density at radius 3 is 1.89 bits per heavy atom. The summed E-state index contributed by atoms with van der Waals surface area (Å²) >= 11 is 0. The molecule has 0 nitrogen and oxygen atoms in total. The van der Waals surface area contributed by atoms with Crippen LogP contribution in [0.1, 0.15) is 48.6 Å². The molecule has 0 aromatic heterocycles. The van der Waals surface area contributed by atoms with Crippen LogP contribution in [-0.4, -0.2) is 0 Å². The maximum Gasteiger partial charge on any atom is -0.0156 e. The quantitative estimate of drug-likeness (QED) is 0.347. The Hall–Kier alpha value is -2.86. The van der Waals surface area contributed by atoms with Crippen molar-refractivity contribution >= 4 is 10.8 Å². The molecule has 138 valence electrons. The summed E-state index contributed by atoms with van der Waals surface area (Å²) in [6, 6.07) is 35.7. The highest BCUT2D eigenvalue weighted by Gasteiger charge is 2.24. The molecule has 1 aliphatic rings. The van der Waals surface area contributed by atoms with Crippen molar-refractivity contribution in [1.82, 2.24) is 0 Å². The van der Waals surface area contributed by atoms with Crippen LogP contribution in [0.15, 0.2) is 97.1 Å². The van der Waals surface area contributed by atoms with E-state index in [1.54, 1.807) is 0 Å². The van der Waals surface area contributed by atoms with Gasteiger partial charge < -0.3 is 0 Å². The van der Waals surface area contributed by atoms with Gasteiger partial charge in [0, 0.05) is 0 Å². The molecule has 4 aromatic rings. The van der Waals surface area contributed by atoms with E-state index in [9.17, 15) is 0 Å². The molecule has 2 unspecified atom stereocenters. The third-order valence-electron chi connectivity index (χ3n) is 6.41. The maximum atomic E-state index is 2.42. The van der Waals surface area contributed by atoms with Gasteiger partial charge in [-0.2, -0.15) is 0 Å². The largest absolute Gasteiger partial charge is 0.0622 e. The van der Waals surface area contributed by atoms with E-state index >= 15 is 0 Å². The molecule has 0 saturated heterocycles. The first-order valence-electron chi connectivity index (χ1n) is 10.5. The summed E-state index contributed by atoms with van der Waals surface area (Å²) < 4.78 is 0. The second kappa shape index (κ2) is 7.64. The van der Waals surface area contributed by atoms with E-state index < -0.39 is 0 Å². The van der Waals surface area contributed by atoms with Gasteiger partial charge >= 0.3 is 0 Å². The molecular weight excluding hydrogens is 336 g/mol. The number of hydrogen-bond acceptors (Lipinski definition) is 0. The summed E-state index contributed by atoms with van der Waals surface area (Å²) in [7, 11) is 0. The molecule has 0 N–H and O–H groups in total. The van der Waals surface area contributed by atoms with Crippen LogP contribution in [0.5, 0.6) is 0 Å². The fourth-order valence-electron chi connectivity index (χ4n) is 4.84. The van der Waals surface area contributed by atoms with Gasteiger partial charge in [-0.3, -0.25) is 0 Å². The monoisotopic (exact) mass is 362 g/mol. The molecule has 0 heterocycles.